The first-order valence-corrected chi connectivity index (χ1v) is 7.77. The van der Waals surface area contributed by atoms with E-state index in [4.69, 9.17) is 18.9 Å². The van der Waals surface area contributed by atoms with Crippen LogP contribution in [0.15, 0.2) is 0 Å². The van der Waals surface area contributed by atoms with Crippen LogP contribution in [0.1, 0.15) is 46.0 Å². The highest BCUT2D eigenvalue weighted by Crippen LogP contribution is 2.31. The summed E-state index contributed by atoms with van der Waals surface area (Å²) in [5.74, 6) is -0.483. The lowest BCUT2D eigenvalue weighted by atomic mass is 10.1. The van der Waals surface area contributed by atoms with Crippen molar-refractivity contribution in [2.75, 3.05) is 13.2 Å². The van der Waals surface area contributed by atoms with Gasteiger partial charge < -0.3 is 18.9 Å². The molecule has 0 radical (unpaired) electrons. The number of fused-ring (bicyclic) bond motifs is 1. The second kappa shape index (κ2) is 7.75. The highest BCUT2D eigenvalue weighted by Gasteiger charge is 2.51. The van der Waals surface area contributed by atoms with Gasteiger partial charge in [-0.25, -0.2) is 0 Å². The van der Waals surface area contributed by atoms with E-state index in [1.165, 1.54) is 0 Å². The lowest BCUT2D eigenvalue weighted by Crippen LogP contribution is -2.35. The SMILES string of the molecule is CCCCCC(=O)O[C@@H]1CO[C@H]2[C@@H]1OC[C@@H]2OC(=O)CC. The summed E-state index contributed by atoms with van der Waals surface area (Å²) in [6.07, 6.45) is 2.24. The largest absolute Gasteiger partial charge is 0.457 e. The fraction of sp³-hybridized carbons (Fsp3) is 0.867. The van der Waals surface area contributed by atoms with E-state index in [9.17, 15) is 9.59 Å². The second-order valence-electron chi connectivity index (χ2n) is 5.46. The van der Waals surface area contributed by atoms with Gasteiger partial charge in [0.1, 0.15) is 12.2 Å². The zero-order valence-corrected chi connectivity index (χ0v) is 12.7. The van der Waals surface area contributed by atoms with Gasteiger partial charge in [-0.15, -0.1) is 0 Å². The third kappa shape index (κ3) is 4.17. The Balaban J connectivity index is 1.78. The molecule has 0 amide bonds. The summed E-state index contributed by atoms with van der Waals surface area (Å²) in [6.45, 7) is 4.43. The normalized spacial score (nSPS) is 31.0. The number of rotatable bonds is 7. The third-order valence-corrected chi connectivity index (χ3v) is 3.80. The molecule has 0 aromatic carbocycles. The van der Waals surface area contributed by atoms with Crippen LogP contribution in [0.4, 0.5) is 0 Å². The van der Waals surface area contributed by atoms with Gasteiger partial charge in [-0.1, -0.05) is 26.7 Å². The zero-order valence-electron chi connectivity index (χ0n) is 12.7. The highest BCUT2D eigenvalue weighted by molar-refractivity contribution is 5.70. The van der Waals surface area contributed by atoms with E-state index in [1.54, 1.807) is 6.92 Å². The molecule has 0 unspecified atom stereocenters. The van der Waals surface area contributed by atoms with E-state index in [1.807, 2.05) is 0 Å². The average Bonchev–Trinajstić information content (AvgIpc) is 3.03. The maximum absolute atomic E-state index is 11.7. The number of hydrogen-bond donors (Lipinski definition) is 0. The van der Waals surface area contributed by atoms with Crippen LogP contribution in [0.5, 0.6) is 0 Å². The van der Waals surface area contributed by atoms with Gasteiger partial charge in [0.25, 0.3) is 0 Å². The molecule has 0 N–H and O–H groups in total. The summed E-state index contributed by atoms with van der Waals surface area (Å²) in [7, 11) is 0. The summed E-state index contributed by atoms with van der Waals surface area (Å²) in [5.41, 5.74) is 0. The fourth-order valence-corrected chi connectivity index (χ4v) is 2.63. The number of carbonyl (C=O) groups excluding carboxylic acids is 2. The molecule has 2 aliphatic heterocycles. The maximum atomic E-state index is 11.7. The molecular weight excluding hydrogens is 276 g/mol. The van der Waals surface area contributed by atoms with E-state index >= 15 is 0 Å². The first-order valence-electron chi connectivity index (χ1n) is 7.77. The molecule has 21 heavy (non-hydrogen) atoms. The molecule has 2 aliphatic rings. The van der Waals surface area contributed by atoms with Crippen molar-refractivity contribution in [3.63, 3.8) is 0 Å². The van der Waals surface area contributed by atoms with Crippen molar-refractivity contribution in [3.05, 3.63) is 0 Å². The lowest BCUT2D eigenvalue weighted by molar-refractivity contribution is -0.155. The van der Waals surface area contributed by atoms with Crippen LogP contribution >= 0.6 is 0 Å². The molecule has 120 valence electrons. The number of unbranched alkanes of at least 4 members (excludes halogenated alkanes) is 2. The van der Waals surface area contributed by atoms with Gasteiger partial charge >= 0.3 is 11.9 Å². The molecule has 0 aromatic rings. The summed E-state index contributed by atoms with van der Waals surface area (Å²) >= 11 is 0. The van der Waals surface area contributed by atoms with Gasteiger partial charge in [0.05, 0.1) is 13.2 Å². The molecule has 0 saturated carbocycles. The van der Waals surface area contributed by atoms with Crippen molar-refractivity contribution >= 4 is 11.9 Å². The number of esters is 2. The van der Waals surface area contributed by atoms with Crippen molar-refractivity contribution < 1.29 is 28.5 Å². The van der Waals surface area contributed by atoms with Crippen LogP contribution in [0, 0.1) is 0 Å². The van der Waals surface area contributed by atoms with Crippen LogP contribution in [0.25, 0.3) is 0 Å². The molecule has 4 atom stereocenters. The monoisotopic (exact) mass is 300 g/mol. The molecule has 2 saturated heterocycles. The molecule has 2 heterocycles. The van der Waals surface area contributed by atoms with Crippen molar-refractivity contribution in [2.24, 2.45) is 0 Å². The van der Waals surface area contributed by atoms with E-state index in [2.05, 4.69) is 6.92 Å². The quantitative estimate of drug-likeness (QED) is 0.525. The summed E-state index contributed by atoms with van der Waals surface area (Å²) in [5, 5.41) is 0. The summed E-state index contributed by atoms with van der Waals surface area (Å²) in [4.78, 5) is 23.1. The van der Waals surface area contributed by atoms with Crippen LogP contribution in [-0.2, 0) is 28.5 Å². The predicted octanol–water partition coefficient (Wildman–Crippen LogP) is 1.60. The number of ether oxygens (including phenoxy) is 4. The van der Waals surface area contributed by atoms with E-state index < -0.39 is 12.2 Å². The first-order chi connectivity index (χ1) is 10.2. The van der Waals surface area contributed by atoms with Gasteiger partial charge in [-0.3, -0.25) is 9.59 Å². The van der Waals surface area contributed by atoms with E-state index in [-0.39, 0.29) is 24.1 Å². The van der Waals surface area contributed by atoms with Gasteiger partial charge in [0.2, 0.25) is 0 Å². The third-order valence-electron chi connectivity index (χ3n) is 3.80. The molecule has 0 spiro atoms. The van der Waals surface area contributed by atoms with Gasteiger partial charge in [-0.05, 0) is 6.42 Å². The number of carbonyl (C=O) groups is 2. The Morgan fingerprint density at radius 1 is 0.952 bits per heavy atom. The molecule has 0 aliphatic carbocycles. The molecule has 0 aromatic heterocycles. The smallest absolute Gasteiger partial charge is 0.306 e. The minimum Gasteiger partial charge on any atom is -0.457 e. The molecule has 6 heteroatoms. The highest BCUT2D eigenvalue weighted by atomic mass is 16.7. The van der Waals surface area contributed by atoms with Crippen LogP contribution in [-0.4, -0.2) is 49.6 Å². The topological polar surface area (TPSA) is 71.1 Å². The van der Waals surface area contributed by atoms with Crippen molar-refractivity contribution in [2.45, 2.75) is 70.4 Å². The van der Waals surface area contributed by atoms with Crippen molar-refractivity contribution in [3.8, 4) is 0 Å². The zero-order chi connectivity index (χ0) is 15.2. The minimum absolute atomic E-state index is 0.213. The van der Waals surface area contributed by atoms with Crippen LogP contribution in [0.3, 0.4) is 0 Å². The van der Waals surface area contributed by atoms with Crippen LogP contribution in [0.2, 0.25) is 0 Å². The summed E-state index contributed by atoms with van der Waals surface area (Å²) in [6, 6.07) is 0. The Morgan fingerprint density at radius 2 is 1.52 bits per heavy atom. The predicted molar refractivity (Wildman–Crippen MR) is 73.7 cm³/mol. The molecule has 2 rings (SSSR count). The first kappa shape index (κ1) is 16.2. The molecule has 0 bridgehead atoms. The molecule has 2 fully saturated rings. The van der Waals surface area contributed by atoms with Gasteiger partial charge in [0.15, 0.2) is 12.2 Å². The molecular formula is C15H24O6. The van der Waals surface area contributed by atoms with Gasteiger partial charge in [-0.2, -0.15) is 0 Å². The average molecular weight is 300 g/mol. The van der Waals surface area contributed by atoms with Crippen molar-refractivity contribution in [1.29, 1.82) is 0 Å². The molecule has 6 nitrogen and oxygen atoms in total. The van der Waals surface area contributed by atoms with Gasteiger partial charge in [0, 0.05) is 12.8 Å². The Morgan fingerprint density at radius 3 is 2.05 bits per heavy atom. The number of hydrogen-bond acceptors (Lipinski definition) is 6. The lowest BCUT2D eigenvalue weighted by Gasteiger charge is -2.17. The van der Waals surface area contributed by atoms with E-state index in [0.717, 1.165) is 19.3 Å². The Bertz CT molecular complexity index is 369. The Labute approximate surface area is 125 Å². The van der Waals surface area contributed by atoms with Crippen LogP contribution < -0.4 is 0 Å². The standard InChI is InChI=1S/C15H24O6/c1-3-5-6-7-13(17)21-11-9-19-14-10(8-18-15(11)14)20-12(16)4-2/h10-11,14-15H,3-9H2,1-2H3/t10-,11+,14+,15+/m0/s1. The van der Waals surface area contributed by atoms with Crippen molar-refractivity contribution in [1.82, 2.24) is 0 Å². The Hall–Kier alpha value is -1.14. The fourth-order valence-electron chi connectivity index (χ4n) is 2.63. The maximum Gasteiger partial charge on any atom is 0.306 e. The van der Waals surface area contributed by atoms with E-state index in [0.29, 0.717) is 26.1 Å². The summed E-state index contributed by atoms with van der Waals surface area (Å²) < 4.78 is 21.9. The second-order valence-corrected chi connectivity index (χ2v) is 5.46. The Kier molecular flexibility index (Phi) is 5.99. The minimum atomic E-state index is -0.397.